The minimum absolute atomic E-state index is 0.119. The summed E-state index contributed by atoms with van der Waals surface area (Å²) in [7, 11) is 2.09. The maximum Gasteiger partial charge on any atom is 0.225 e. The van der Waals surface area contributed by atoms with Gasteiger partial charge in [0.05, 0.1) is 11.5 Å². The lowest BCUT2D eigenvalue weighted by molar-refractivity contribution is -0.128. The van der Waals surface area contributed by atoms with Crippen LogP contribution in [-0.2, 0) is 10.3 Å². The normalized spacial score (nSPS) is 20.3. The Balaban J connectivity index is 2.13. The van der Waals surface area contributed by atoms with Crippen LogP contribution in [0.15, 0.2) is 18.2 Å². The van der Waals surface area contributed by atoms with Gasteiger partial charge in [0.15, 0.2) is 0 Å². The number of nitrogens with one attached hydrogen (secondary N) is 1. The lowest BCUT2D eigenvalue weighted by atomic mass is 9.87. The van der Waals surface area contributed by atoms with Gasteiger partial charge >= 0.3 is 0 Å². The Bertz CT molecular complexity index is 522. The van der Waals surface area contributed by atoms with Crippen LogP contribution in [0, 0.1) is 19.8 Å². The number of benzene rings is 1. The zero-order valence-electron chi connectivity index (χ0n) is 14.0. The van der Waals surface area contributed by atoms with E-state index in [9.17, 15) is 4.79 Å². The molecule has 3 heteroatoms. The fraction of sp³-hybridized carbons (Fsp3) is 0.611. The summed E-state index contributed by atoms with van der Waals surface area (Å²) in [5.41, 5.74) is 3.42. The number of amides is 1. The maximum atomic E-state index is 12.6. The zero-order chi connectivity index (χ0) is 15.6. The van der Waals surface area contributed by atoms with Gasteiger partial charge in [-0.3, -0.25) is 4.79 Å². The second-order valence-corrected chi connectivity index (χ2v) is 6.96. The van der Waals surface area contributed by atoms with E-state index in [2.05, 4.69) is 63.2 Å². The molecule has 1 heterocycles. The van der Waals surface area contributed by atoms with E-state index in [0.29, 0.717) is 0 Å². The zero-order valence-corrected chi connectivity index (χ0v) is 14.0. The third-order valence-electron chi connectivity index (χ3n) is 4.71. The van der Waals surface area contributed by atoms with Crippen molar-refractivity contribution in [1.82, 2.24) is 10.2 Å². The van der Waals surface area contributed by atoms with Gasteiger partial charge in [0.1, 0.15) is 0 Å². The van der Waals surface area contributed by atoms with Crippen LogP contribution in [0.4, 0.5) is 0 Å². The Morgan fingerprint density at radius 3 is 2.71 bits per heavy atom. The summed E-state index contributed by atoms with van der Waals surface area (Å²) in [5.74, 6) is 0.306. The van der Waals surface area contributed by atoms with Gasteiger partial charge in [-0.2, -0.15) is 0 Å². The third kappa shape index (κ3) is 3.65. The molecule has 1 atom stereocenters. The van der Waals surface area contributed by atoms with E-state index in [1.165, 1.54) is 16.7 Å². The molecule has 0 saturated carbocycles. The number of nitrogens with zero attached hydrogens (tertiary/aromatic N) is 1. The van der Waals surface area contributed by atoms with Crippen molar-refractivity contribution in [2.75, 3.05) is 20.1 Å². The van der Waals surface area contributed by atoms with Crippen molar-refractivity contribution < 1.29 is 4.79 Å². The summed E-state index contributed by atoms with van der Waals surface area (Å²) in [6, 6.07) is 6.31. The van der Waals surface area contributed by atoms with Crippen molar-refractivity contribution in [1.29, 1.82) is 0 Å². The van der Waals surface area contributed by atoms with Crippen LogP contribution in [0.3, 0.4) is 0 Å². The summed E-state index contributed by atoms with van der Waals surface area (Å²) in [6.45, 7) is 10.4. The fourth-order valence-corrected chi connectivity index (χ4v) is 3.29. The molecule has 1 aliphatic rings. The lowest BCUT2D eigenvalue weighted by Crippen LogP contribution is -2.48. The van der Waals surface area contributed by atoms with Crippen molar-refractivity contribution in [2.24, 2.45) is 5.92 Å². The number of carbonyl (C=O) groups excluding carboxylic acids is 1. The Hall–Kier alpha value is -1.35. The molecular formula is C18H28N2O. The molecule has 0 aromatic heterocycles. The van der Waals surface area contributed by atoms with Crippen LogP contribution in [0.25, 0.3) is 0 Å². The molecular weight excluding hydrogens is 260 g/mol. The molecule has 3 nitrogen and oxygen atoms in total. The van der Waals surface area contributed by atoms with Crippen molar-refractivity contribution in [3.8, 4) is 0 Å². The molecule has 1 aliphatic heterocycles. The molecule has 116 valence electrons. The minimum Gasteiger partial charge on any atom is -0.347 e. The van der Waals surface area contributed by atoms with Gasteiger partial charge in [-0.25, -0.2) is 0 Å². The first-order chi connectivity index (χ1) is 9.81. The number of likely N-dealkylation sites (tertiary alicyclic amines) is 1. The Labute approximate surface area is 128 Å². The topological polar surface area (TPSA) is 32.3 Å². The molecule has 1 saturated heterocycles. The first-order valence-electron chi connectivity index (χ1n) is 7.88. The standard InChI is InChI=1S/C18H28N2O/c1-13-8-6-10-16(14(13)2)18(3,4)19-17(21)15-9-7-11-20(5)12-15/h6,8,10,15H,7,9,11-12H2,1-5H3,(H,19,21). The molecule has 1 unspecified atom stereocenters. The minimum atomic E-state index is -0.330. The summed E-state index contributed by atoms with van der Waals surface area (Å²) in [6.07, 6.45) is 2.11. The van der Waals surface area contributed by atoms with E-state index in [1.807, 2.05) is 0 Å². The summed E-state index contributed by atoms with van der Waals surface area (Å²) in [5, 5.41) is 3.27. The molecule has 1 aromatic rings. The van der Waals surface area contributed by atoms with Crippen molar-refractivity contribution >= 4 is 5.91 Å². The number of hydrogen-bond donors (Lipinski definition) is 1. The van der Waals surface area contributed by atoms with E-state index in [-0.39, 0.29) is 17.4 Å². The molecule has 1 amide bonds. The van der Waals surface area contributed by atoms with E-state index in [0.717, 1.165) is 25.9 Å². The molecule has 0 aliphatic carbocycles. The van der Waals surface area contributed by atoms with Crippen LogP contribution in [0.2, 0.25) is 0 Å². The average Bonchev–Trinajstić information content (AvgIpc) is 2.41. The van der Waals surface area contributed by atoms with Gasteiger partial charge in [-0.15, -0.1) is 0 Å². The highest BCUT2D eigenvalue weighted by Gasteiger charge is 2.30. The van der Waals surface area contributed by atoms with Crippen molar-refractivity contribution in [3.63, 3.8) is 0 Å². The maximum absolute atomic E-state index is 12.6. The predicted molar refractivity (Wildman–Crippen MR) is 87.3 cm³/mol. The number of carbonyl (C=O) groups is 1. The number of hydrogen-bond acceptors (Lipinski definition) is 2. The van der Waals surface area contributed by atoms with Crippen LogP contribution in [-0.4, -0.2) is 30.9 Å². The van der Waals surface area contributed by atoms with Gasteiger partial charge in [0, 0.05) is 6.54 Å². The van der Waals surface area contributed by atoms with Crippen LogP contribution in [0.1, 0.15) is 43.4 Å². The van der Waals surface area contributed by atoms with Gasteiger partial charge in [0.25, 0.3) is 0 Å². The first-order valence-corrected chi connectivity index (χ1v) is 7.88. The number of piperidine rings is 1. The summed E-state index contributed by atoms with van der Waals surface area (Å²) >= 11 is 0. The second kappa shape index (κ2) is 6.18. The Morgan fingerprint density at radius 1 is 1.33 bits per heavy atom. The van der Waals surface area contributed by atoms with Crippen molar-refractivity contribution in [3.05, 3.63) is 34.9 Å². The molecule has 21 heavy (non-hydrogen) atoms. The molecule has 1 N–H and O–H groups in total. The Kier molecular flexibility index (Phi) is 4.72. The van der Waals surface area contributed by atoms with E-state index in [4.69, 9.17) is 0 Å². The molecule has 0 bridgehead atoms. The van der Waals surface area contributed by atoms with Gasteiger partial charge in [0.2, 0.25) is 5.91 Å². The first kappa shape index (κ1) is 16.0. The SMILES string of the molecule is Cc1cccc(C(C)(C)NC(=O)C2CCCN(C)C2)c1C. The van der Waals surface area contributed by atoms with Crippen LogP contribution >= 0.6 is 0 Å². The predicted octanol–water partition coefficient (Wildman–Crippen LogP) is 3.00. The van der Waals surface area contributed by atoms with E-state index < -0.39 is 0 Å². The van der Waals surface area contributed by atoms with E-state index >= 15 is 0 Å². The molecule has 1 fully saturated rings. The van der Waals surface area contributed by atoms with Gasteiger partial charge < -0.3 is 10.2 Å². The highest BCUT2D eigenvalue weighted by molar-refractivity contribution is 5.80. The quantitative estimate of drug-likeness (QED) is 0.927. The Morgan fingerprint density at radius 2 is 2.05 bits per heavy atom. The largest absolute Gasteiger partial charge is 0.347 e. The van der Waals surface area contributed by atoms with Crippen LogP contribution in [0.5, 0.6) is 0 Å². The van der Waals surface area contributed by atoms with Gasteiger partial charge in [-0.05, 0) is 70.8 Å². The number of rotatable bonds is 3. The lowest BCUT2D eigenvalue weighted by Gasteiger charge is -2.34. The third-order valence-corrected chi connectivity index (χ3v) is 4.71. The number of aryl methyl sites for hydroxylation is 1. The average molecular weight is 288 g/mol. The molecule has 1 aromatic carbocycles. The molecule has 0 radical (unpaired) electrons. The van der Waals surface area contributed by atoms with Crippen molar-refractivity contribution in [2.45, 2.75) is 46.1 Å². The van der Waals surface area contributed by atoms with Crippen LogP contribution < -0.4 is 5.32 Å². The van der Waals surface area contributed by atoms with Gasteiger partial charge in [-0.1, -0.05) is 18.2 Å². The monoisotopic (exact) mass is 288 g/mol. The smallest absolute Gasteiger partial charge is 0.225 e. The highest BCUT2D eigenvalue weighted by Crippen LogP contribution is 2.26. The summed E-state index contributed by atoms with van der Waals surface area (Å²) in [4.78, 5) is 14.8. The second-order valence-electron chi connectivity index (χ2n) is 6.96. The molecule has 0 spiro atoms. The van der Waals surface area contributed by atoms with E-state index in [1.54, 1.807) is 0 Å². The summed E-state index contributed by atoms with van der Waals surface area (Å²) < 4.78 is 0. The fourth-order valence-electron chi connectivity index (χ4n) is 3.29. The molecule has 2 rings (SSSR count). The highest BCUT2D eigenvalue weighted by atomic mass is 16.2.